The van der Waals surface area contributed by atoms with E-state index in [-0.39, 0.29) is 33.8 Å². The molecule has 1 atom stereocenters. The molecule has 1 amide bonds. The average molecular weight is 518 g/mol. The molecular weight excluding hydrogens is 493 g/mol. The van der Waals surface area contributed by atoms with E-state index in [0.29, 0.717) is 23.8 Å². The normalized spacial score (nSPS) is 17.0. The molecule has 3 aromatic rings. The molecule has 0 spiro atoms. The number of ether oxygens (including phenoxy) is 1. The lowest BCUT2D eigenvalue weighted by Crippen LogP contribution is -2.34. The second-order valence-electron chi connectivity index (χ2n) is 8.31. The Labute approximate surface area is 204 Å². The quantitative estimate of drug-likeness (QED) is 0.330. The lowest BCUT2D eigenvalue weighted by molar-refractivity contribution is -0.119. The van der Waals surface area contributed by atoms with Crippen molar-refractivity contribution in [3.63, 3.8) is 0 Å². The molecule has 184 valence electrons. The number of carbonyl (C=O) groups excluding carboxylic acids is 1. The van der Waals surface area contributed by atoms with Gasteiger partial charge in [-0.15, -0.1) is 11.3 Å². The minimum absolute atomic E-state index is 0.0737. The molecule has 3 heterocycles. The van der Waals surface area contributed by atoms with Crippen LogP contribution in [0.5, 0.6) is 11.5 Å². The van der Waals surface area contributed by atoms with E-state index in [9.17, 15) is 24.2 Å². The number of benzene rings is 1. The zero-order valence-corrected chi connectivity index (χ0v) is 20.7. The Morgan fingerprint density at radius 1 is 1.34 bits per heavy atom. The van der Waals surface area contributed by atoms with Crippen molar-refractivity contribution in [3.05, 3.63) is 51.6 Å². The molecule has 2 aromatic heterocycles. The van der Waals surface area contributed by atoms with E-state index in [1.165, 1.54) is 34.2 Å². The molecule has 0 aliphatic carbocycles. The van der Waals surface area contributed by atoms with Crippen molar-refractivity contribution in [2.45, 2.75) is 26.8 Å². The van der Waals surface area contributed by atoms with E-state index >= 15 is 0 Å². The molecule has 0 fully saturated rings. The number of anilines is 1. The van der Waals surface area contributed by atoms with Crippen LogP contribution in [0.25, 0.3) is 10.6 Å². The number of amides is 1. The second kappa shape index (κ2) is 9.65. The lowest BCUT2D eigenvalue weighted by Gasteiger charge is -2.23. The van der Waals surface area contributed by atoms with Gasteiger partial charge in [-0.05, 0) is 42.0 Å². The Morgan fingerprint density at radius 3 is 2.77 bits per heavy atom. The Hall–Kier alpha value is -3.47. The first-order valence-corrected chi connectivity index (χ1v) is 13.2. The maximum atomic E-state index is 13.3. The summed E-state index contributed by atoms with van der Waals surface area (Å²) in [4.78, 5) is 35.7. The summed E-state index contributed by atoms with van der Waals surface area (Å²) in [5.74, 6) is -0.923. The Kier molecular flexibility index (Phi) is 6.79. The number of aryl methyl sites for hydroxylation is 1. The number of primary amides is 1. The molecule has 0 saturated heterocycles. The van der Waals surface area contributed by atoms with Crippen molar-refractivity contribution in [1.29, 1.82) is 0 Å². The zero-order valence-electron chi connectivity index (χ0n) is 19.0. The van der Waals surface area contributed by atoms with Gasteiger partial charge in [0.2, 0.25) is 0 Å². The monoisotopic (exact) mass is 517 g/mol. The van der Waals surface area contributed by atoms with Gasteiger partial charge in [0.15, 0.2) is 18.2 Å². The first-order valence-electron chi connectivity index (χ1n) is 10.7. The predicted molar refractivity (Wildman–Crippen MR) is 134 cm³/mol. The fourth-order valence-electron chi connectivity index (χ4n) is 3.44. The third-order valence-electron chi connectivity index (χ3n) is 5.19. The number of amidine groups is 1. The van der Waals surface area contributed by atoms with Gasteiger partial charge in [-0.3, -0.25) is 14.2 Å². The van der Waals surface area contributed by atoms with Crippen LogP contribution < -0.4 is 26.7 Å². The van der Waals surface area contributed by atoms with Gasteiger partial charge in [0.05, 0.1) is 15.9 Å². The number of nitrogens with two attached hydrogens (primary N) is 1. The number of hydrogen-bond donors (Lipinski definition) is 4. The maximum absolute atomic E-state index is 13.3. The van der Waals surface area contributed by atoms with Crippen LogP contribution in [0.2, 0.25) is 0 Å². The van der Waals surface area contributed by atoms with Gasteiger partial charge in [0.25, 0.3) is 11.5 Å². The van der Waals surface area contributed by atoms with Crippen LogP contribution in [0, 0.1) is 5.92 Å². The molecule has 13 heteroatoms. The van der Waals surface area contributed by atoms with E-state index in [1.54, 1.807) is 12.1 Å². The first kappa shape index (κ1) is 24.6. The van der Waals surface area contributed by atoms with Crippen molar-refractivity contribution < 1.29 is 24.1 Å². The van der Waals surface area contributed by atoms with Crippen molar-refractivity contribution in [2.75, 3.05) is 11.9 Å². The molecule has 4 rings (SSSR count). The lowest BCUT2D eigenvalue weighted by atomic mass is 10.1. The first-order chi connectivity index (χ1) is 16.6. The number of nitrogens with zero attached hydrogens (tertiary/aromatic N) is 3. The van der Waals surface area contributed by atoms with E-state index in [1.807, 2.05) is 19.2 Å². The number of rotatable bonds is 8. The van der Waals surface area contributed by atoms with Gasteiger partial charge in [0, 0.05) is 6.54 Å². The number of aromatic hydroxyl groups is 1. The summed E-state index contributed by atoms with van der Waals surface area (Å²) in [6, 6.07) is 7.75. The molecule has 1 unspecified atom stereocenters. The molecule has 0 bridgehead atoms. The number of aromatic nitrogens is 2. The highest BCUT2D eigenvalue weighted by Gasteiger charge is 2.34. The van der Waals surface area contributed by atoms with Gasteiger partial charge in [-0.2, -0.15) is 9.86 Å². The van der Waals surface area contributed by atoms with Crippen LogP contribution >= 0.6 is 18.9 Å². The van der Waals surface area contributed by atoms with Gasteiger partial charge in [-0.25, -0.2) is 4.68 Å². The average Bonchev–Trinajstić information content (AvgIpc) is 3.31. The summed E-state index contributed by atoms with van der Waals surface area (Å²) >= 11 is 1.33. The molecule has 1 aliphatic rings. The standard InChI is InChI=1S/C22H24N5O6PS/c1-12(2)7-8-27-22(30)18(20(29)19(25-27)16-4-3-9-35-16)21-24-14-6-5-13(33-11-17(23)28)10-15(14)34(31,32)26-21/h3-6,9-10,12,29H,7-8,11H2,1-2H3,(H2,23,28)(H2,24,26,31,32). The van der Waals surface area contributed by atoms with E-state index in [0.717, 1.165) is 0 Å². The van der Waals surface area contributed by atoms with Crippen LogP contribution in [0.4, 0.5) is 5.69 Å². The molecule has 0 saturated carbocycles. The summed E-state index contributed by atoms with van der Waals surface area (Å²) in [5.41, 5.74) is 4.57. The molecular formula is C22H24N5O6PS. The zero-order chi connectivity index (χ0) is 25.3. The van der Waals surface area contributed by atoms with Crippen LogP contribution in [-0.2, 0) is 15.9 Å². The van der Waals surface area contributed by atoms with Gasteiger partial charge in [-0.1, -0.05) is 19.9 Å². The highest BCUT2D eigenvalue weighted by molar-refractivity contribution is 7.65. The highest BCUT2D eigenvalue weighted by atomic mass is 32.1. The summed E-state index contributed by atoms with van der Waals surface area (Å²) in [6.07, 6.45) is 0.663. The fraction of sp³-hybridized carbons (Fsp3) is 0.273. The molecule has 1 aromatic carbocycles. The van der Waals surface area contributed by atoms with Crippen LogP contribution in [0.3, 0.4) is 0 Å². The summed E-state index contributed by atoms with van der Waals surface area (Å²) in [7, 11) is -4.38. The van der Waals surface area contributed by atoms with E-state index in [4.69, 9.17) is 10.5 Å². The summed E-state index contributed by atoms with van der Waals surface area (Å²) in [5, 5.41) is 20.0. The van der Waals surface area contributed by atoms with Crippen molar-refractivity contribution in [1.82, 2.24) is 9.78 Å². The summed E-state index contributed by atoms with van der Waals surface area (Å²) in [6.45, 7) is 3.92. The largest absolute Gasteiger partial charge is 0.505 e. The van der Waals surface area contributed by atoms with E-state index < -0.39 is 31.3 Å². The second-order valence-corrected chi connectivity index (χ2v) is 11.0. The maximum Gasteiger partial charge on any atom is 0.346 e. The minimum atomic E-state index is -4.38. The van der Waals surface area contributed by atoms with Crippen molar-refractivity contribution >= 4 is 41.6 Å². The summed E-state index contributed by atoms with van der Waals surface area (Å²) < 4.78 is 23.5. The third-order valence-corrected chi connectivity index (χ3v) is 7.54. The van der Waals surface area contributed by atoms with Gasteiger partial charge < -0.3 is 25.8 Å². The SMILES string of the molecule is CC(C)CCn1nc(-c2cccs2)c(O)c(C2=NP(=O)(O)c3cc(OCC(N)=O)ccc3N2)c1=O. The smallest absolute Gasteiger partial charge is 0.346 e. The molecule has 5 N–H and O–H groups in total. The molecule has 35 heavy (non-hydrogen) atoms. The van der Waals surface area contributed by atoms with Gasteiger partial charge >= 0.3 is 7.52 Å². The third kappa shape index (κ3) is 5.14. The fourth-order valence-corrected chi connectivity index (χ4v) is 5.42. The number of carbonyl (C=O) groups is 1. The molecule has 1 aliphatic heterocycles. The highest BCUT2D eigenvalue weighted by Crippen LogP contribution is 2.48. The van der Waals surface area contributed by atoms with Crippen molar-refractivity contribution in [2.24, 2.45) is 16.4 Å². The van der Waals surface area contributed by atoms with Crippen LogP contribution in [-0.4, -0.2) is 38.1 Å². The Bertz CT molecular complexity index is 1420. The van der Waals surface area contributed by atoms with Gasteiger partial charge in [0.1, 0.15) is 17.0 Å². The predicted octanol–water partition coefficient (Wildman–Crippen LogP) is 2.27. The number of thiophene rings is 1. The minimum Gasteiger partial charge on any atom is -0.505 e. The molecule has 11 nitrogen and oxygen atoms in total. The van der Waals surface area contributed by atoms with Crippen LogP contribution in [0.1, 0.15) is 25.8 Å². The number of fused-ring (bicyclic) bond motifs is 1. The van der Waals surface area contributed by atoms with Crippen molar-refractivity contribution in [3.8, 4) is 22.1 Å². The topological polar surface area (TPSA) is 169 Å². The Balaban J connectivity index is 1.82. The number of hydrogen-bond acceptors (Lipinski definition) is 8. The number of nitrogens with one attached hydrogen (secondary N) is 1. The van der Waals surface area contributed by atoms with Crippen LogP contribution in [0.15, 0.2) is 45.3 Å². The molecule has 0 radical (unpaired) electrons. The van der Waals surface area contributed by atoms with E-state index in [2.05, 4.69) is 15.2 Å². The Morgan fingerprint density at radius 2 is 2.11 bits per heavy atom.